The first-order valence-electron chi connectivity index (χ1n) is 6.77. The highest BCUT2D eigenvalue weighted by atomic mass is 16.5. The fraction of sp³-hybridized carbons (Fsp3) is 0.714. The van der Waals surface area contributed by atoms with Crippen LogP contribution in [0.4, 0.5) is 0 Å². The van der Waals surface area contributed by atoms with Crippen molar-refractivity contribution in [2.24, 2.45) is 0 Å². The van der Waals surface area contributed by atoms with Crippen LogP contribution in [0.3, 0.4) is 0 Å². The van der Waals surface area contributed by atoms with Gasteiger partial charge in [-0.1, -0.05) is 26.2 Å². The van der Waals surface area contributed by atoms with Gasteiger partial charge in [0.2, 0.25) is 0 Å². The number of nitrogens with zero attached hydrogens (tertiary/aromatic N) is 2. The molecule has 0 aliphatic heterocycles. The third-order valence-electron chi connectivity index (χ3n) is 3.00. The average molecular weight is 252 g/mol. The molecule has 1 aromatic rings. The molecule has 0 spiro atoms. The zero-order valence-corrected chi connectivity index (χ0v) is 11.6. The molecule has 0 saturated carbocycles. The van der Waals surface area contributed by atoms with E-state index in [0.717, 1.165) is 17.7 Å². The molecule has 1 N–H and O–H groups in total. The zero-order chi connectivity index (χ0) is 13.4. The molecule has 0 radical (unpaired) electrons. The minimum atomic E-state index is -0.0291. The first-order valence-corrected chi connectivity index (χ1v) is 6.77. The van der Waals surface area contributed by atoms with Gasteiger partial charge in [-0.05, 0) is 26.7 Å². The first kappa shape index (κ1) is 14.9. The van der Waals surface area contributed by atoms with E-state index in [-0.39, 0.29) is 12.7 Å². The second-order valence-electron chi connectivity index (χ2n) is 4.70. The number of rotatable bonds is 8. The highest BCUT2D eigenvalue weighted by Crippen LogP contribution is 2.13. The molecule has 0 fully saturated rings. The maximum absolute atomic E-state index is 9.04. The van der Waals surface area contributed by atoms with Crippen LogP contribution >= 0.6 is 0 Å². The van der Waals surface area contributed by atoms with Crippen molar-refractivity contribution in [3.8, 4) is 6.01 Å². The summed E-state index contributed by atoms with van der Waals surface area (Å²) in [5, 5.41) is 9.04. The van der Waals surface area contributed by atoms with Crippen molar-refractivity contribution in [1.29, 1.82) is 0 Å². The second-order valence-corrected chi connectivity index (χ2v) is 4.70. The van der Waals surface area contributed by atoms with Gasteiger partial charge in [0.1, 0.15) is 0 Å². The quantitative estimate of drug-likeness (QED) is 0.723. The van der Waals surface area contributed by atoms with Crippen LogP contribution in [0.1, 0.15) is 57.2 Å². The lowest BCUT2D eigenvalue weighted by atomic mass is 10.1. The smallest absolute Gasteiger partial charge is 0.316 e. The summed E-state index contributed by atoms with van der Waals surface area (Å²) in [6.45, 7) is 6.08. The van der Waals surface area contributed by atoms with Gasteiger partial charge >= 0.3 is 6.01 Å². The fourth-order valence-corrected chi connectivity index (χ4v) is 1.78. The van der Waals surface area contributed by atoms with Gasteiger partial charge in [0.15, 0.2) is 0 Å². The molecule has 0 amide bonds. The summed E-state index contributed by atoms with van der Waals surface area (Å²) in [7, 11) is 0. The molecule has 18 heavy (non-hydrogen) atoms. The molecular formula is C14H24N2O2. The van der Waals surface area contributed by atoms with E-state index in [0.29, 0.717) is 6.01 Å². The highest BCUT2D eigenvalue weighted by molar-refractivity contribution is 5.16. The van der Waals surface area contributed by atoms with Crippen LogP contribution in [0.5, 0.6) is 6.01 Å². The molecule has 1 unspecified atom stereocenters. The number of hydrogen-bond donors (Lipinski definition) is 1. The van der Waals surface area contributed by atoms with Crippen molar-refractivity contribution in [2.75, 3.05) is 0 Å². The molecule has 1 aromatic heterocycles. The molecule has 1 rings (SSSR count). The predicted octanol–water partition coefficient (Wildman–Crippen LogP) is 3.02. The Morgan fingerprint density at radius 1 is 1.33 bits per heavy atom. The van der Waals surface area contributed by atoms with Gasteiger partial charge in [0, 0.05) is 11.8 Å². The van der Waals surface area contributed by atoms with Gasteiger partial charge in [0.25, 0.3) is 0 Å². The summed E-state index contributed by atoms with van der Waals surface area (Å²) in [4.78, 5) is 8.34. The van der Waals surface area contributed by atoms with Crippen molar-refractivity contribution in [3.63, 3.8) is 0 Å². The van der Waals surface area contributed by atoms with E-state index in [2.05, 4.69) is 16.9 Å². The van der Waals surface area contributed by atoms with Crippen molar-refractivity contribution >= 4 is 0 Å². The van der Waals surface area contributed by atoms with Crippen LogP contribution in [0, 0.1) is 6.92 Å². The Labute approximate surface area is 109 Å². The third-order valence-corrected chi connectivity index (χ3v) is 3.00. The number of aryl methyl sites for hydroxylation is 1. The van der Waals surface area contributed by atoms with Gasteiger partial charge in [-0.25, -0.2) is 9.97 Å². The molecule has 4 heteroatoms. The number of ether oxygens (including phenoxy) is 1. The lowest BCUT2D eigenvalue weighted by Gasteiger charge is -2.13. The average Bonchev–Trinajstić information content (AvgIpc) is 2.35. The van der Waals surface area contributed by atoms with Gasteiger partial charge in [-0.3, -0.25) is 0 Å². The minimum absolute atomic E-state index is 0.0291. The summed E-state index contributed by atoms with van der Waals surface area (Å²) < 4.78 is 5.67. The third kappa shape index (κ3) is 5.00. The van der Waals surface area contributed by atoms with Crippen molar-refractivity contribution < 1.29 is 9.84 Å². The monoisotopic (exact) mass is 252 g/mol. The molecule has 4 nitrogen and oxygen atoms in total. The van der Waals surface area contributed by atoms with Crippen LogP contribution in [0.15, 0.2) is 6.20 Å². The SMILES string of the molecule is CCCCCCC(C)Oc1ncc(CO)c(C)n1. The van der Waals surface area contributed by atoms with E-state index >= 15 is 0 Å². The first-order chi connectivity index (χ1) is 8.67. The summed E-state index contributed by atoms with van der Waals surface area (Å²) in [5.41, 5.74) is 1.53. The number of aliphatic hydroxyl groups excluding tert-OH is 1. The van der Waals surface area contributed by atoms with Gasteiger partial charge in [-0.2, -0.15) is 0 Å². The maximum Gasteiger partial charge on any atom is 0.316 e. The molecule has 0 aliphatic carbocycles. The number of hydrogen-bond acceptors (Lipinski definition) is 4. The summed E-state index contributed by atoms with van der Waals surface area (Å²) in [5.74, 6) is 0. The number of aliphatic hydroxyl groups is 1. The maximum atomic E-state index is 9.04. The lowest BCUT2D eigenvalue weighted by Crippen LogP contribution is -2.14. The number of aromatic nitrogens is 2. The summed E-state index contributed by atoms with van der Waals surface area (Å²) in [6, 6.07) is 0.410. The van der Waals surface area contributed by atoms with Gasteiger partial charge in [-0.15, -0.1) is 0 Å². The minimum Gasteiger partial charge on any atom is -0.460 e. The standard InChI is InChI=1S/C14H24N2O2/c1-4-5-6-7-8-11(2)18-14-15-9-13(10-17)12(3)16-14/h9,11,17H,4-8,10H2,1-3H3. The topological polar surface area (TPSA) is 55.2 Å². The Balaban J connectivity index is 2.39. The van der Waals surface area contributed by atoms with Crippen LogP contribution in [-0.4, -0.2) is 21.2 Å². The predicted molar refractivity (Wildman–Crippen MR) is 71.5 cm³/mol. The second kappa shape index (κ2) is 8.03. The molecule has 102 valence electrons. The zero-order valence-electron chi connectivity index (χ0n) is 11.6. The van der Waals surface area contributed by atoms with E-state index in [4.69, 9.17) is 9.84 Å². The van der Waals surface area contributed by atoms with Crippen LogP contribution < -0.4 is 4.74 Å². The van der Waals surface area contributed by atoms with Gasteiger partial charge < -0.3 is 9.84 Å². The Morgan fingerprint density at radius 2 is 2.11 bits per heavy atom. The number of unbranched alkanes of at least 4 members (excludes halogenated alkanes) is 3. The van der Waals surface area contributed by atoms with Crippen LogP contribution in [0.2, 0.25) is 0 Å². The molecular weight excluding hydrogens is 228 g/mol. The van der Waals surface area contributed by atoms with E-state index in [9.17, 15) is 0 Å². The molecule has 0 saturated heterocycles. The van der Waals surface area contributed by atoms with Crippen LogP contribution in [-0.2, 0) is 6.61 Å². The largest absolute Gasteiger partial charge is 0.460 e. The van der Waals surface area contributed by atoms with Crippen LogP contribution in [0.25, 0.3) is 0 Å². The Hall–Kier alpha value is -1.16. The van der Waals surface area contributed by atoms with Gasteiger partial charge in [0.05, 0.1) is 18.4 Å². The van der Waals surface area contributed by atoms with Crippen molar-refractivity contribution in [2.45, 2.75) is 65.6 Å². The molecule has 0 aromatic carbocycles. The highest BCUT2D eigenvalue weighted by Gasteiger charge is 2.08. The van der Waals surface area contributed by atoms with E-state index in [1.807, 2.05) is 13.8 Å². The Morgan fingerprint density at radius 3 is 2.72 bits per heavy atom. The fourth-order valence-electron chi connectivity index (χ4n) is 1.78. The van der Waals surface area contributed by atoms with E-state index in [1.165, 1.54) is 25.7 Å². The Bertz CT molecular complexity index is 356. The normalized spacial score (nSPS) is 12.4. The van der Waals surface area contributed by atoms with Crippen molar-refractivity contribution in [3.05, 3.63) is 17.5 Å². The summed E-state index contributed by atoms with van der Waals surface area (Å²) in [6.07, 6.45) is 7.77. The lowest BCUT2D eigenvalue weighted by molar-refractivity contribution is 0.188. The van der Waals surface area contributed by atoms with E-state index in [1.54, 1.807) is 6.20 Å². The molecule has 1 heterocycles. The summed E-state index contributed by atoms with van der Waals surface area (Å²) >= 11 is 0. The molecule has 1 atom stereocenters. The molecule has 0 aliphatic rings. The molecule has 0 bridgehead atoms. The van der Waals surface area contributed by atoms with Crippen molar-refractivity contribution in [1.82, 2.24) is 9.97 Å². The Kier molecular flexibility index (Phi) is 6.65. The van der Waals surface area contributed by atoms with E-state index < -0.39 is 0 Å².